The molecule has 3 aromatic carbocycles. The lowest BCUT2D eigenvalue weighted by Gasteiger charge is -2.38. The van der Waals surface area contributed by atoms with Crippen molar-refractivity contribution in [1.82, 2.24) is 0 Å². The van der Waals surface area contributed by atoms with Crippen LogP contribution in [0.3, 0.4) is 0 Å². The van der Waals surface area contributed by atoms with Crippen molar-refractivity contribution in [2.75, 3.05) is 12.4 Å². The normalized spacial score (nSPS) is 29.7. The Morgan fingerprint density at radius 2 is 1.62 bits per heavy atom. The summed E-state index contributed by atoms with van der Waals surface area (Å²) in [7, 11) is 1.43. The van der Waals surface area contributed by atoms with Crippen LogP contribution in [0.25, 0.3) is 10.8 Å². The number of fused-ring (bicyclic) bond motifs is 14. The Morgan fingerprint density at radius 1 is 0.933 bits per heavy atom. The second kappa shape index (κ2) is 18.6. The number of amides is 1. The molecule has 0 aromatic heterocycles. The maximum Gasteiger partial charge on any atom is 0.312 e. The quantitative estimate of drug-likeness (QED) is 0.0528. The van der Waals surface area contributed by atoms with Crippen LogP contribution in [0.15, 0.2) is 71.6 Å². The second-order valence-electron chi connectivity index (χ2n) is 15.6. The number of methoxy groups -OCH3 is 1. The summed E-state index contributed by atoms with van der Waals surface area (Å²) in [5.41, 5.74) is 0.113. The SMILES string of the molecule is CO[C@H]1/C=C/O[C@@]2(C)Oc3c(C)c(O)c4c(O)c(c(/C=N/OCc5ccccc5)c(O)c4c3C2=O)NC(=O)/C(C)=C\C=C\[C@H](C)[C@H](O)[C@@H](C)[C@@H](O)[C@@H](C)[C@H](OC(C)=O)[C@@H]1C. The van der Waals surface area contributed by atoms with Gasteiger partial charge in [0.1, 0.15) is 30.0 Å². The Kier molecular flexibility index (Phi) is 14.0. The third-order valence-corrected chi connectivity index (χ3v) is 11.4. The Morgan fingerprint density at radius 3 is 2.27 bits per heavy atom. The van der Waals surface area contributed by atoms with Gasteiger partial charge in [-0.2, -0.15) is 0 Å². The number of aliphatic hydroxyl groups is 2. The molecule has 6 rings (SSSR count). The highest BCUT2D eigenvalue weighted by molar-refractivity contribution is 6.23. The maximum atomic E-state index is 14.4. The number of nitrogens with one attached hydrogen (secondary N) is 1. The highest BCUT2D eigenvalue weighted by Crippen LogP contribution is 2.55. The molecule has 0 saturated carbocycles. The Labute approximate surface area is 348 Å². The third kappa shape index (κ3) is 8.98. The minimum Gasteiger partial charge on any atom is -0.507 e. The zero-order valence-corrected chi connectivity index (χ0v) is 35.1. The number of aliphatic hydroxyl groups excluding tert-OH is 2. The van der Waals surface area contributed by atoms with Gasteiger partial charge in [-0.3, -0.25) is 14.4 Å². The number of hydrogen-bond acceptors (Lipinski definition) is 14. The predicted molar refractivity (Wildman–Crippen MR) is 223 cm³/mol. The molecule has 322 valence electrons. The molecule has 3 aromatic rings. The monoisotopic (exact) mass is 830 g/mol. The number of benzene rings is 3. The van der Waals surface area contributed by atoms with Crippen molar-refractivity contribution in [2.24, 2.45) is 28.8 Å². The van der Waals surface area contributed by atoms with E-state index < -0.39 is 88.8 Å². The summed E-state index contributed by atoms with van der Waals surface area (Å²) in [4.78, 5) is 45.9. The Hall–Kier alpha value is -5.90. The number of phenolic OH excluding ortho intramolecular Hbond substituents is 3. The average Bonchev–Trinajstić information content (AvgIpc) is 3.48. The van der Waals surface area contributed by atoms with Crippen LogP contribution >= 0.6 is 0 Å². The van der Waals surface area contributed by atoms with Gasteiger partial charge in [-0.05, 0) is 25.5 Å². The molecule has 3 heterocycles. The van der Waals surface area contributed by atoms with Crippen LogP contribution < -0.4 is 10.1 Å². The molecule has 6 N–H and O–H groups in total. The van der Waals surface area contributed by atoms with Gasteiger partial charge in [0.25, 0.3) is 11.7 Å². The minimum absolute atomic E-state index is 0.0270. The number of esters is 1. The van der Waals surface area contributed by atoms with E-state index in [0.29, 0.717) is 0 Å². The molecular weight excluding hydrogens is 776 g/mol. The fraction of sp³-hybridized carbons (Fsp3) is 0.422. The molecule has 3 aliphatic heterocycles. The van der Waals surface area contributed by atoms with Crippen LogP contribution in [0, 0.1) is 30.6 Å². The first-order valence-electron chi connectivity index (χ1n) is 19.6. The first kappa shape index (κ1) is 45.2. The number of phenols is 3. The van der Waals surface area contributed by atoms with Crippen LogP contribution in [0.1, 0.15) is 75.5 Å². The zero-order valence-electron chi connectivity index (χ0n) is 35.1. The lowest BCUT2D eigenvalue weighted by molar-refractivity contribution is -0.160. The van der Waals surface area contributed by atoms with E-state index in [2.05, 4.69) is 10.5 Å². The van der Waals surface area contributed by atoms with E-state index in [1.165, 1.54) is 53.2 Å². The fourth-order valence-electron chi connectivity index (χ4n) is 7.65. The van der Waals surface area contributed by atoms with Gasteiger partial charge < -0.3 is 54.6 Å². The molecule has 0 fully saturated rings. The molecule has 0 aliphatic carbocycles. The number of hydrogen-bond donors (Lipinski definition) is 6. The third-order valence-electron chi connectivity index (χ3n) is 11.4. The number of oxime groups is 1. The second-order valence-corrected chi connectivity index (χ2v) is 15.6. The van der Waals surface area contributed by atoms with Crippen LogP contribution in [0.2, 0.25) is 0 Å². The number of carbonyl (C=O) groups excluding carboxylic acids is 3. The van der Waals surface area contributed by atoms with Crippen molar-refractivity contribution in [3.63, 3.8) is 0 Å². The van der Waals surface area contributed by atoms with Gasteiger partial charge in [-0.1, -0.05) is 81.4 Å². The van der Waals surface area contributed by atoms with Gasteiger partial charge in [-0.15, -0.1) is 0 Å². The van der Waals surface area contributed by atoms with Crippen LogP contribution in [0.4, 0.5) is 5.69 Å². The number of allylic oxidation sites excluding steroid dienone is 2. The molecule has 5 bridgehead atoms. The van der Waals surface area contributed by atoms with E-state index >= 15 is 0 Å². The molecule has 15 heteroatoms. The molecule has 15 nitrogen and oxygen atoms in total. The van der Waals surface area contributed by atoms with Gasteiger partial charge in [0.15, 0.2) is 5.75 Å². The van der Waals surface area contributed by atoms with Crippen molar-refractivity contribution in [1.29, 1.82) is 0 Å². The molecule has 0 unspecified atom stereocenters. The summed E-state index contributed by atoms with van der Waals surface area (Å²) < 4.78 is 23.5. The van der Waals surface area contributed by atoms with Gasteiger partial charge in [-0.25, -0.2) is 0 Å². The summed E-state index contributed by atoms with van der Waals surface area (Å²) >= 11 is 0. The van der Waals surface area contributed by atoms with Crippen LogP contribution in [0.5, 0.6) is 23.0 Å². The summed E-state index contributed by atoms with van der Waals surface area (Å²) in [5, 5.41) is 64.2. The maximum absolute atomic E-state index is 14.4. The topological polar surface area (TPSA) is 223 Å². The van der Waals surface area contributed by atoms with Gasteiger partial charge in [0.2, 0.25) is 0 Å². The Balaban J connectivity index is 1.69. The lowest BCUT2D eigenvalue weighted by Crippen LogP contribution is -2.46. The molecule has 60 heavy (non-hydrogen) atoms. The highest BCUT2D eigenvalue weighted by Gasteiger charge is 2.50. The van der Waals surface area contributed by atoms with Crippen LogP contribution in [-0.4, -0.2) is 86.7 Å². The zero-order chi connectivity index (χ0) is 44.2. The van der Waals surface area contributed by atoms with E-state index in [1.807, 2.05) is 30.3 Å². The number of nitrogens with zero attached hydrogens (tertiary/aromatic N) is 1. The van der Waals surface area contributed by atoms with Crippen LogP contribution in [-0.2, 0) is 35.2 Å². The van der Waals surface area contributed by atoms with Crippen molar-refractivity contribution in [2.45, 2.75) is 92.2 Å². The van der Waals surface area contributed by atoms with Crippen molar-refractivity contribution >= 4 is 40.3 Å². The molecule has 0 spiro atoms. The number of Topliss-reactive ketones (excluding diaryl/α,β-unsaturated/α-hetero) is 1. The minimum atomic E-state index is -2.07. The van der Waals surface area contributed by atoms with Crippen molar-refractivity contribution < 1.29 is 63.7 Å². The van der Waals surface area contributed by atoms with E-state index in [4.69, 9.17) is 23.8 Å². The number of carbonyl (C=O) groups is 3. The number of aromatic hydroxyl groups is 3. The largest absolute Gasteiger partial charge is 0.507 e. The van der Waals surface area contributed by atoms with Gasteiger partial charge >= 0.3 is 11.8 Å². The average molecular weight is 831 g/mol. The molecule has 3 aliphatic rings. The number of anilines is 1. The fourth-order valence-corrected chi connectivity index (χ4v) is 7.65. The lowest BCUT2D eigenvalue weighted by atomic mass is 9.78. The van der Waals surface area contributed by atoms with E-state index in [9.17, 15) is 39.9 Å². The first-order chi connectivity index (χ1) is 28.3. The molecule has 0 radical (unpaired) electrons. The predicted octanol–water partition coefficient (Wildman–Crippen LogP) is 6.30. The standard InChI is InChI=1S/C45H54N2O13/c1-22-14-13-15-23(2)44(55)47-35-30(20-46-58-21-29-16-11-10-12-17-29)39(52)32-33(40(35)53)38(51)27(6)42-34(32)43(54)45(8,60-42)57-19-18-31(56-9)24(3)41(59-28(7)48)26(5)37(50)25(4)36(22)49/h10-20,22,24-26,31,36-37,41,49-53H,21H2,1-9H3,(H,47,55)/b14-13+,19-18+,23-15-,46-20+/t22-,24+,25+,26+,31-,36-,37+,41+,45-/m0/s1. The van der Waals surface area contributed by atoms with Crippen molar-refractivity contribution in [3.05, 3.63) is 88.7 Å². The molecule has 1 amide bonds. The number of rotatable bonds is 6. The van der Waals surface area contributed by atoms with Gasteiger partial charge in [0, 0.05) is 61.2 Å². The number of ketones is 1. The first-order valence-corrected chi connectivity index (χ1v) is 19.6. The van der Waals surface area contributed by atoms with Gasteiger partial charge in [0.05, 0.1) is 53.0 Å². The molecular formula is C45H54N2O13. The van der Waals surface area contributed by atoms with E-state index in [0.717, 1.165) is 11.8 Å². The summed E-state index contributed by atoms with van der Waals surface area (Å²) in [6.07, 6.45) is 4.47. The smallest absolute Gasteiger partial charge is 0.312 e. The Bertz CT molecular complexity index is 2230. The number of ether oxygens (including phenoxy) is 4. The summed E-state index contributed by atoms with van der Waals surface area (Å²) in [5.74, 6) is -8.73. The molecule has 9 atom stereocenters. The summed E-state index contributed by atoms with van der Waals surface area (Å²) in [6.45, 7) is 12.4. The highest BCUT2D eigenvalue weighted by atomic mass is 16.7. The summed E-state index contributed by atoms with van der Waals surface area (Å²) in [6, 6.07) is 9.10. The molecule has 0 saturated heterocycles. The van der Waals surface area contributed by atoms with E-state index in [1.54, 1.807) is 39.8 Å². The van der Waals surface area contributed by atoms with E-state index in [-0.39, 0.29) is 51.1 Å². The van der Waals surface area contributed by atoms with Crippen molar-refractivity contribution in [3.8, 4) is 23.0 Å².